The molecular formula is C12H17N2O+. The van der Waals surface area contributed by atoms with Crippen LogP contribution in [0.2, 0.25) is 0 Å². The highest BCUT2D eigenvalue weighted by molar-refractivity contribution is 5.74. The number of likely N-dealkylation sites (tertiary alicyclic amines) is 1. The predicted molar refractivity (Wildman–Crippen MR) is 57.1 cm³/mol. The molecule has 0 saturated carbocycles. The molecule has 0 N–H and O–H groups in total. The summed E-state index contributed by atoms with van der Waals surface area (Å²) >= 11 is 0. The largest absolute Gasteiger partial charge is 0.337 e. The van der Waals surface area contributed by atoms with Crippen molar-refractivity contribution in [2.24, 2.45) is 0 Å². The van der Waals surface area contributed by atoms with Crippen LogP contribution in [-0.4, -0.2) is 23.9 Å². The Kier molecular flexibility index (Phi) is 3.33. The van der Waals surface area contributed by atoms with E-state index in [1.807, 2.05) is 40.1 Å². The topological polar surface area (TPSA) is 24.2 Å². The SMILES string of the molecule is O=C(C[n+]1ccccc1)N1CCCCC1. The molecule has 1 aromatic heterocycles. The summed E-state index contributed by atoms with van der Waals surface area (Å²) in [5.74, 6) is 0.242. The standard InChI is InChI=1S/C12H17N2O/c15-12(14-9-5-2-6-10-14)11-13-7-3-1-4-8-13/h1,3-4,7-8H,2,5-6,9-11H2/q+1. The van der Waals surface area contributed by atoms with Crippen molar-refractivity contribution in [3.8, 4) is 0 Å². The average molecular weight is 205 g/mol. The Bertz CT molecular complexity index is 318. The van der Waals surface area contributed by atoms with Crippen molar-refractivity contribution in [1.82, 2.24) is 4.90 Å². The lowest BCUT2D eigenvalue weighted by atomic mass is 10.1. The lowest BCUT2D eigenvalue weighted by molar-refractivity contribution is -0.685. The van der Waals surface area contributed by atoms with Crippen LogP contribution in [0, 0.1) is 0 Å². The first-order valence-electron chi connectivity index (χ1n) is 5.58. The van der Waals surface area contributed by atoms with E-state index >= 15 is 0 Å². The Labute approximate surface area is 90.3 Å². The smallest absolute Gasteiger partial charge is 0.288 e. The van der Waals surface area contributed by atoms with Crippen LogP contribution < -0.4 is 4.57 Å². The highest BCUT2D eigenvalue weighted by Crippen LogP contribution is 2.08. The molecular weight excluding hydrogens is 188 g/mol. The van der Waals surface area contributed by atoms with Crippen LogP contribution >= 0.6 is 0 Å². The van der Waals surface area contributed by atoms with E-state index in [-0.39, 0.29) is 5.91 Å². The van der Waals surface area contributed by atoms with Crippen molar-refractivity contribution in [3.63, 3.8) is 0 Å². The van der Waals surface area contributed by atoms with Crippen molar-refractivity contribution >= 4 is 5.91 Å². The molecule has 2 rings (SSSR count). The summed E-state index contributed by atoms with van der Waals surface area (Å²) in [5.41, 5.74) is 0. The molecule has 3 heteroatoms. The molecule has 1 fully saturated rings. The number of amides is 1. The van der Waals surface area contributed by atoms with Gasteiger partial charge in [-0.05, 0) is 19.3 Å². The third kappa shape index (κ3) is 2.78. The highest BCUT2D eigenvalue weighted by Gasteiger charge is 2.19. The Morgan fingerprint density at radius 2 is 1.73 bits per heavy atom. The van der Waals surface area contributed by atoms with E-state index in [1.165, 1.54) is 6.42 Å². The van der Waals surface area contributed by atoms with E-state index in [2.05, 4.69) is 0 Å². The average Bonchev–Trinajstić information content (AvgIpc) is 2.31. The zero-order valence-corrected chi connectivity index (χ0v) is 8.93. The Morgan fingerprint density at radius 3 is 2.40 bits per heavy atom. The Hall–Kier alpha value is -1.38. The number of piperidine rings is 1. The van der Waals surface area contributed by atoms with Crippen molar-refractivity contribution < 1.29 is 9.36 Å². The Balaban J connectivity index is 1.91. The summed E-state index contributed by atoms with van der Waals surface area (Å²) in [6.07, 6.45) is 7.45. The number of hydrogen-bond acceptors (Lipinski definition) is 1. The van der Waals surface area contributed by atoms with Gasteiger partial charge in [0, 0.05) is 25.2 Å². The first-order chi connectivity index (χ1) is 7.36. The van der Waals surface area contributed by atoms with Gasteiger partial charge >= 0.3 is 0 Å². The minimum absolute atomic E-state index is 0.242. The quantitative estimate of drug-likeness (QED) is 0.661. The number of nitrogens with zero attached hydrogens (tertiary/aromatic N) is 2. The molecule has 1 aliphatic heterocycles. The summed E-state index contributed by atoms with van der Waals surface area (Å²) in [6, 6.07) is 5.86. The van der Waals surface area contributed by atoms with Gasteiger partial charge in [-0.3, -0.25) is 4.79 Å². The van der Waals surface area contributed by atoms with Gasteiger partial charge in [-0.1, -0.05) is 6.07 Å². The van der Waals surface area contributed by atoms with E-state index < -0.39 is 0 Å². The first kappa shape index (κ1) is 10.1. The fourth-order valence-electron chi connectivity index (χ4n) is 1.94. The molecule has 0 aliphatic carbocycles. The van der Waals surface area contributed by atoms with Crippen molar-refractivity contribution in [3.05, 3.63) is 30.6 Å². The minimum atomic E-state index is 0.242. The zero-order valence-electron chi connectivity index (χ0n) is 8.93. The summed E-state index contributed by atoms with van der Waals surface area (Å²) in [6.45, 7) is 2.35. The van der Waals surface area contributed by atoms with Crippen LogP contribution in [0.25, 0.3) is 0 Å². The zero-order chi connectivity index (χ0) is 10.5. The predicted octanol–water partition coefficient (Wildman–Crippen LogP) is 0.987. The molecule has 0 aromatic carbocycles. The van der Waals surface area contributed by atoms with Gasteiger partial charge in [-0.25, -0.2) is 0 Å². The van der Waals surface area contributed by atoms with E-state index in [0.717, 1.165) is 25.9 Å². The molecule has 15 heavy (non-hydrogen) atoms. The summed E-state index contributed by atoms with van der Waals surface area (Å²) in [5, 5.41) is 0. The molecule has 0 spiro atoms. The van der Waals surface area contributed by atoms with Gasteiger partial charge in [0.25, 0.3) is 5.91 Å². The van der Waals surface area contributed by atoms with E-state index in [0.29, 0.717) is 6.54 Å². The van der Waals surface area contributed by atoms with Crippen LogP contribution in [0.1, 0.15) is 19.3 Å². The molecule has 0 atom stereocenters. The molecule has 0 radical (unpaired) electrons. The molecule has 0 bridgehead atoms. The van der Waals surface area contributed by atoms with Crippen molar-refractivity contribution in [1.29, 1.82) is 0 Å². The number of carbonyl (C=O) groups is 1. The van der Waals surface area contributed by atoms with E-state index in [9.17, 15) is 4.79 Å². The van der Waals surface area contributed by atoms with Gasteiger partial charge in [0.05, 0.1) is 0 Å². The van der Waals surface area contributed by atoms with Gasteiger partial charge in [-0.15, -0.1) is 0 Å². The van der Waals surface area contributed by atoms with Gasteiger partial charge in [0.15, 0.2) is 12.4 Å². The van der Waals surface area contributed by atoms with Crippen LogP contribution in [-0.2, 0) is 11.3 Å². The summed E-state index contributed by atoms with van der Waals surface area (Å²) in [4.78, 5) is 13.8. The molecule has 1 saturated heterocycles. The Morgan fingerprint density at radius 1 is 1.07 bits per heavy atom. The maximum Gasteiger partial charge on any atom is 0.288 e. The molecule has 1 aliphatic rings. The van der Waals surface area contributed by atoms with Crippen LogP contribution in [0.3, 0.4) is 0 Å². The van der Waals surface area contributed by atoms with Crippen molar-refractivity contribution in [2.45, 2.75) is 25.8 Å². The second-order valence-electron chi connectivity index (χ2n) is 3.99. The molecule has 1 amide bonds. The number of aromatic nitrogens is 1. The maximum atomic E-state index is 11.9. The van der Waals surface area contributed by atoms with E-state index in [4.69, 9.17) is 0 Å². The van der Waals surface area contributed by atoms with Gasteiger partial charge < -0.3 is 4.90 Å². The molecule has 0 unspecified atom stereocenters. The van der Waals surface area contributed by atoms with Crippen LogP contribution in [0.15, 0.2) is 30.6 Å². The van der Waals surface area contributed by atoms with Crippen molar-refractivity contribution in [2.75, 3.05) is 13.1 Å². The van der Waals surface area contributed by atoms with Crippen LogP contribution in [0.5, 0.6) is 0 Å². The lowest BCUT2D eigenvalue weighted by Gasteiger charge is -2.25. The highest BCUT2D eigenvalue weighted by atomic mass is 16.2. The second-order valence-corrected chi connectivity index (χ2v) is 3.99. The third-order valence-corrected chi connectivity index (χ3v) is 2.80. The fourth-order valence-corrected chi connectivity index (χ4v) is 1.94. The molecule has 1 aromatic rings. The number of pyridine rings is 1. The van der Waals surface area contributed by atoms with Gasteiger partial charge in [-0.2, -0.15) is 4.57 Å². The molecule has 2 heterocycles. The van der Waals surface area contributed by atoms with E-state index in [1.54, 1.807) is 0 Å². The summed E-state index contributed by atoms with van der Waals surface area (Å²) < 4.78 is 1.93. The normalized spacial score (nSPS) is 16.4. The third-order valence-electron chi connectivity index (χ3n) is 2.80. The first-order valence-corrected chi connectivity index (χ1v) is 5.58. The number of hydrogen-bond donors (Lipinski definition) is 0. The number of rotatable bonds is 2. The van der Waals surface area contributed by atoms with Gasteiger partial charge in [0.1, 0.15) is 0 Å². The molecule has 3 nitrogen and oxygen atoms in total. The fraction of sp³-hybridized carbons (Fsp3) is 0.500. The minimum Gasteiger partial charge on any atom is -0.337 e. The molecule has 80 valence electrons. The van der Waals surface area contributed by atoms with Gasteiger partial charge in [0.2, 0.25) is 6.54 Å². The summed E-state index contributed by atoms with van der Waals surface area (Å²) in [7, 11) is 0. The monoisotopic (exact) mass is 205 g/mol. The lowest BCUT2D eigenvalue weighted by Crippen LogP contribution is -2.45. The van der Waals surface area contributed by atoms with Crippen LogP contribution in [0.4, 0.5) is 0 Å². The second kappa shape index (κ2) is 4.91. The maximum absolute atomic E-state index is 11.9. The number of carbonyl (C=O) groups excluding carboxylic acids is 1.